The highest BCUT2D eigenvalue weighted by atomic mass is 16.5. The fourth-order valence-corrected chi connectivity index (χ4v) is 2.51. The first-order valence-electron chi connectivity index (χ1n) is 7.41. The number of carbonyl (C=O) groups excluding carboxylic acids is 1. The smallest absolute Gasteiger partial charge is 0.314 e. The zero-order chi connectivity index (χ0) is 15.0. The minimum absolute atomic E-state index is 0.0172. The number of hydrogen-bond donors (Lipinski definition) is 3. The van der Waals surface area contributed by atoms with Crippen LogP contribution >= 0.6 is 0 Å². The van der Waals surface area contributed by atoms with Crippen LogP contribution in [0.2, 0.25) is 0 Å². The van der Waals surface area contributed by atoms with E-state index in [0.717, 1.165) is 25.9 Å². The highest BCUT2D eigenvalue weighted by molar-refractivity contribution is 5.74. The molecule has 3 N–H and O–H groups in total. The molecule has 0 saturated carbocycles. The van der Waals surface area contributed by atoms with E-state index in [0.29, 0.717) is 19.0 Å². The van der Waals surface area contributed by atoms with Gasteiger partial charge in [-0.3, -0.25) is 4.79 Å². The van der Waals surface area contributed by atoms with Gasteiger partial charge < -0.3 is 20.5 Å². The lowest BCUT2D eigenvalue weighted by Crippen LogP contribution is -2.41. The quantitative estimate of drug-likeness (QED) is 0.632. The maximum Gasteiger partial charge on any atom is 0.314 e. The summed E-state index contributed by atoms with van der Waals surface area (Å²) in [7, 11) is 0. The second kappa shape index (κ2) is 8.79. The van der Waals surface area contributed by atoms with Gasteiger partial charge in [0.15, 0.2) is 0 Å². The summed E-state index contributed by atoms with van der Waals surface area (Å²) in [5, 5.41) is 14.3. The number of rotatable bonds is 8. The summed E-state index contributed by atoms with van der Waals surface area (Å²) >= 11 is 0. The summed E-state index contributed by atoms with van der Waals surface area (Å²) in [5.41, 5.74) is 0. The Balaban J connectivity index is 2.21. The van der Waals surface area contributed by atoms with E-state index in [1.165, 1.54) is 0 Å². The molecule has 1 fully saturated rings. The molecule has 0 aromatic carbocycles. The first kappa shape index (κ1) is 16.8. The molecule has 0 aromatic rings. The maximum atomic E-state index is 11.7. The Morgan fingerprint density at radius 3 is 2.70 bits per heavy atom. The molecule has 2 amide bonds. The van der Waals surface area contributed by atoms with Gasteiger partial charge in [0, 0.05) is 32.0 Å². The number of carboxylic acid groups (broad SMARTS) is 1. The van der Waals surface area contributed by atoms with Crippen molar-refractivity contribution in [3.8, 4) is 0 Å². The van der Waals surface area contributed by atoms with Crippen LogP contribution in [0.4, 0.5) is 4.79 Å². The van der Waals surface area contributed by atoms with E-state index < -0.39 is 5.97 Å². The van der Waals surface area contributed by atoms with Gasteiger partial charge in [0.05, 0.1) is 6.10 Å². The van der Waals surface area contributed by atoms with Gasteiger partial charge in [0.2, 0.25) is 0 Å². The van der Waals surface area contributed by atoms with Crippen LogP contribution in [0.3, 0.4) is 0 Å². The predicted octanol–water partition coefficient (Wildman–Crippen LogP) is 1.60. The van der Waals surface area contributed by atoms with Crippen molar-refractivity contribution in [2.75, 3.05) is 19.7 Å². The molecule has 0 aromatic heterocycles. The molecular formula is C14H26N2O4. The maximum absolute atomic E-state index is 11.7. The van der Waals surface area contributed by atoms with E-state index >= 15 is 0 Å². The normalized spacial score (nSPS) is 23.3. The van der Waals surface area contributed by atoms with Crippen molar-refractivity contribution in [1.82, 2.24) is 10.6 Å². The van der Waals surface area contributed by atoms with E-state index in [4.69, 9.17) is 9.84 Å². The Morgan fingerprint density at radius 1 is 1.35 bits per heavy atom. The number of nitrogens with one attached hydrogen (secondary N) is 2. The molecule has 20 heavy (non-hydrogen) atoms. The Kier molecular flexibility index (Phi) is 7.36. The number of ether oxygens (including phenoxy) is 1. The Bertz CT molecular complexity index is 322. The first-order valence-corrected chi connectivity index (χ1v) is 7.41. The summed E-state index contributed by atoms with van der Waals surface area (Å²) in [6.45, 7) is 5.78. The number of amides is 2. The minimum Gasteiger partial charge on any atom is -0.481 e. The lowest BCUT2D eigenvalue weighted by Gasteiger charge is -2.18. The van der Waals surface area contributed by atoms with Crippen LogP contribution in [-0.2, 0) is 9.53 Å². The van der Waals surface area contributed by atoms with Crippen LogP contribution < -0.4 is 10.6 Å². The van der Waals surface area contributed by atoms with E-state index in [9.17, 15) is 9.59 Å². The molecule has 0 bridgehead atoms. The van der Waals surface area contributed by atoms with Gasteiger partial charge in [0.1, 0.15) is 0 Å². The van der Waals surface area contributed by atoms with Crippen LogP contribution in [0, 0.1) is 11.8 Å². The topological polar surface area (TPSA) is 87.7 Å². The van der Waals surface area contributed by atoms with Crippen LogP contribution in [0.1, 0.15) is 39.5 Å². The minimum atomic E-state index is -0.826. The second-order valence-electron chi connectivity index (χ2n) is 5.33. The number of urea groups is 1. The van der Waals surface area contributed by atoms with E-state index in [1.54, 1.807) is 0 Å². The average molecular weight is 286 g/mol. The zero-order valence-electron chi connectivity index (χ0n) is 12.4. The van der Waals surface area contributed by atoms with Crippen molar-refractivity contribution in [3.63, 3.8) is 0 Å². The fourth-order valence-electron chi connectivity index (χ4n) is 2.51. The first-order chi connectivity index (χ1) is 9.56. The molecule has 1 aliphatic rings. The molecule has 0 radical (unpaired) electrons. The summed E-state index contributed by atoms with van der Waals surface area (Å²) in [5.74, 6) is -0.462. The third kappa shape index (κ3) is 5.77. The summed E-state index contributed by atoms with van der Waals surface area (Å²) < 4.78 is 5.57. The molecule has 0 spiro atoms. The van der Waals surface area contributed by atoms with Crippen molar-refractivity contribution in [2.24, 2.45) is 11.8 Å². The molecular weight excluding hydrogens is 260 g/mol. The Labute approximate surface area is 120 Å². The molecule has 116 valence electrons. The fraction of sp³-hybridized carbons (Fsp3) is 0.857. The Hall–Kier alpha value is -1.30. The molecule has 1 heterocycles. The van der Waals surface area contributed by atoms with Gasteiger partial charge >= 0.3 is 12.0 Å². The lowest BCUT2D eigenvalue weighted by molar-refractivity contribution is -0.138. The van der Waals surface area contributed by atoms with Gasteiger partial charge in [-0.15, -0.1) is 0 Å². The van der Waals surface area contributed by atoms with Crippen LogP contribution in [0.15, 0.2) is 0 Å². The standard InChI is InChI=1S/C14H26N2O4/c1-3-10(7-13(17)18)8-15-14(19)16-9-11-5-6-20-12(11)4-2/h10-12H,3-9H2,1-2H3,(H,17,18)(H2,15,16,19). The number of hydrogen-bond acceptors (Lipinski definition) is 3. The molecule has 1 rings (SSSR count). The van der Waals surface area contributed by atoms with Crippen molar-refractivity contribution in [1.29, 1.82) is 0 Å². The van der Waals surface area contributed by atoms with Gasteiger partial charge in [-0.1, -0.05) is 20.3 Å². The van der Waals surface area contributed by atoms with Crippen molar-refractivity contribution < 1.29 is 19.4 Å². The van der Waals surface area contributed by atoms with Crippen LogP contribution in [0.25, 0.3) is 0 Å². The molecule has 0 aliphatic carbocycles. The predicted molar refractivity (Wildman–Crippen MR) is 75.6 cm³/mol. The largest absolute Gasteiger partial charge is 0.481 e. The number of carboxylic acids is 1. The van der Waals surface area contributed by atoms with E-state index in [1.807, 2.05) is 6.92 Å². The molecule has 3 atom stereocenters. The monoisotopic (exact) mass is 286 g/mol. The van der Waals surface area contributed by atoms with Crippen molar-refractivity contribution in [3.05, 3.63) is 0 Å². The summed E-state index contributed by atoms with van der Waals surface area (Å²) in [6, 6.07) is -0.226. The number of carbonyl (C=O) groups is 2. The summed E-state index contributed by atoms with van der Waals surface area (Å²) in [4.78, 5) is 22.3. The third-order valence-corrected chi connectivity index (χ3v) is 3.87. The number of aliphatic carboxylic acids is 1. The van der Waals surface area contributed by atoms with Crippen molar-refractivity contribution in [2.45, 2.75) is 45.6 Å². The zero-order valence-corrected chi connectivity index (χ0v) is 12.4. The molecule has 6 heteroatoms. The van der Waals surface area contributed by atoms with Crippen molar-refractivity contribution >= 4 is 12.0 Å². The summed E-state index contributed by atoms with van der Waals surface area (Å²) in [6.07, 6.45) is 3.01. The third-order valence-electron chi connectivity index (χ3n) is 3.87. The molecule has 6 nitrogen and oxygen atoms in total. The highest BCUT2D eigenvalue weighted by Gasteiger charge is 2.26. The second-order valence-corrected chi connectivity index (χ2v) is 5.33. The molecule has 1 saturated heterocycles. The Morgan fingerprint density at radius 2 is 2.10 bits per heavy atom. The van der Waals surface area contributed by atoms with Crippen LogP contribution in [-0.4, -0.2) is 42.9 Å². The van der Waals surface area contributed by atoms with Gasteiger partial charge in [0.25, 0.3) is 0 Å². The van der Waals surface area contributed by atoms with Gasteiger partial charge in [-0.05, 0) is 18.8 Å². The molecule has 3 unspecified atom stereocenters. The lowest BCUT2D eigenvalue weighted by atomic mass is 10.00. The van der Waals surface area contributed by atoms with E-state index in [2.05, 4.69) is 17.6 Å². The molecule has 1 aliphatic heterocycles. The van der Waals surface area contributed by atoms with E-state index in [-0.39, 0.29) is 24.5 Å². The van der Waals surface area contributed by atoms with Gasteiger partial charge in [-0.2, -0.15) is 0 Å². The average Bonchev–Trinajstić information content (AvgIpc) is 2.88. The highest BCUT2D eigenvalue weighted by Crippen LogP contribution is 2.22. The van der Waals surface area contributed by atoms with Crippen LogP contribution in [0.5, 0.6) is 0 Å². The van der Waals surface area contributed by atoms with Gasteiger partial charge in [-0.25, -0.2) is 4.79 Å². The SMILES string of the molecule is CCC(CNC(=O)NCC1CCOC1CC)CC(=O)O.